The Balaban J connectivity index is 2.54. The van der Waals surface area contributed by atoms with E-state index in [0.717, 1.165) is 16.7 Å². The molecule has 2 rings (SSSR count). The van der Waals surface area contributed by atoms with Crippen molar-refractivity contribution in [3.63, 3.8) is 0 Å². The first-order chi connectivity index (χ1) is 7.08. The third-order valence-electron chi connectivity index (χ3n) is 2.84. The van der Waals surface area contributed by atoms with Crippen molar-refractivity contribution in [1.82, 2.24) is 5.32 Å². The average molecular weight is 203 g/mol. The van der Waals surface area contributed by atoms with Gasteiger partial charge in [-0.05, 0) is 43.0 Å². The van der Waals surface area contributed by atoms with E-state index in [1.807, 2.05) is 26.0 Å². The molecule has 0 atom stereocenters. The monoisotopic (exact) mass is 203 g/mol. The molecule has 1 aromatic carbocycles. The molecule has 3 nitrogen and oxygen atoms in total. The van der Waals surface area contributed by atoms with Crippen LogP contribution in [0.5, 0.6) is 0 Å². The summed E-state index contributed by atoms with van der Waals surface area (Å²) in [6.45, 7) is 3.98. The summed E-state index contributed by atoms with van der Waals surface area (Å²) in [4.78, 5) is 22.8. The van der Waals surface area contributed by atoms with Gasteiger partial charge in [0.05, 0.1) is 0 Å². The number of hydrogen-bond donors (Lipinski definition) is 1. The lowest BCUT2D eigenvalue weighted by atomic mass is 9.97. The zero-order chi connectivity index (χ0) is 11.0. The summed E-state index contributed by atoms with van der Waals surface area (Å²) in [7, 11) is 0. The molecule has 0 unspecified atom stereocenters. The number of hydrogen-bond acceptors (Lipinski definition) is 2. The largest absolute Gasteiger partial charge is 0.292 e. The highest BCUT2D eigenvalue weighted by Gasteiger charge is 2.19. The van der Waals surface area contributed by atoms with Gasteiger partial charge in [-0.2, -0.15) is 0 Å². The zero-order valence-corrected chi connectivity index (χ0v) is 8.89. The van der Waals surface area contributed by atoms with Crippen LogP contribution in [-0.2, 0) is 11.2 Å². The van der Waals surface area contributed by atoms with Gasteiger partial charge < -0.3 is 0 Å². The second-order valence-electron chi connectivity index (χ2n) is 3.97. The van der Waals surface area contributed by atoms with Crippen LogP contribution in [0, 0.1) is 13.8 Å². The number of carbonyl (C=O) groups is 2. The standard InChI is InChI=1S/C12H13NO2/c1-7-5-9-3-4-11(14)13-12(15)10(9)6-8(7)2/h5-6H,3-4H2,1-2H3,(H,13,14,15). The molecule has 1 aliphatic heterocycles. The predicted octanol–water partition coefficient (Wildman–Crippen LogP) is 1.51. The van der Waals surface area contributed by atoms with Gasteiger partial charge in [-0.25, -0.2) is 0 Å². The molecule has 0 aliphatic carbocycles. The summed E-state index contributed by atoms with van der Waals surface area (Å²) < 4.78 is 0. The van der Waals surface area contributed by atoms with Gasteiger partial charge in [0.15, 0.2) is 0 Å². The van der Waals surface area contributed by atoms with Crippen LogP contribution in [0.2, 0.25) is 0 Å². The van der Waals surface area contributed by atoms with Crippen molar-refractivity contribution in [2.24, 2.45) is 0 Å². The van der Waals surface area contributed by atoms with Gasteiger partial charge >= 0.3 is 0 Å². The highest BCUT2D eigenvalue weighted by Crippen LogP contribution is 2.19. The Morgan fingerprint density at radius 3 is 2.47 bits per heavy atom. The van der Waals surface area contributed by atoms with E-state index < -0.39 is 0 Å². The summed E-state index contributed by atoms with van der Waals surface area (Å²) in [5.74, 6) is -0.456. The minimum atomic E-state index is -0.268. The second-order valence-corrected chi connectivity index (χ2v) is 3.97. The van der Waals surface area contributed by atoms with E-state index in [2.05, 4.69) is 5.32 Å². The lowest BCUT2D eigenvalue weighted by Gasteiger charge is -2.07. The van der Waals surface area contributed by atoms with Crippen molar-refractivity contribution in [3.05, 3.63) is 34.4 Å². The van der Waals surface area contributed by atoms with E-state index in [-0.39, 0.29) is 11.8 Å². The molecule has 78 valence electrons. The first-order valence-corrected chi connectivity index (χ1v) is 5.02. The summed E-state index contributed by atoms with van der Waals surface area (Å²) in [5.41, 5.74) is 3.86. The number of aryl methyl sites for hydroxylation is 3. The molecule has 1 N–H and O–H groups in total. The highest BCUT2D eigenvalue weighted by atomic mass is 16.2. The molecule has 1 aromatic rings. The van der Waals surface area contributed by atoms with E-state index in [4.69, 9.17) is 0 Å². The van der Waals surface area contributed by atoms with E-state index in [9.17, 15) is 9.59 Å². The molecule has 1 heterocycles. The Morgan fingerprint density at radius 2 is 1.73 bits per heavy atom. The molecule has 2 amide bonds. The Bertz CT molecular complexity index is 449. The number of fused-ring (bicyclic) bond motifs is 1. The summed E-state index contributed by atoms with van der Waals surface area (Å²) >= 11 is 0. The predicted molar refractivity (Wildman–Crippen MR) is 56.7 cm³/mol. The van der Waals surface area contributed by atoms with Gasteiger partial charge in [0.25, 0.3) is 5.91 Å². The Hall–Kier alpha value is -1.64. The van der Waals surface area contributed by atoms with E-state index in [0.29, 0.717) is 18.4 Å². The fourth-order valence-electron chi connectivity index (χ4n) is 1.80. The molecule has 0 saturated heterocycles. The summed E-state index contributed by atoms with van der Waals surface area (Å²) in [6, 6.07) is 3.86. The number of carbonyl (C=O) groups excluding carboxylic acids is 2. The van der Waals surface area contributed by atoms with Crippen LogP contribution in [0.15, 0.2) is 12.1 Å². The van der Waals surface area contributed by atoms with Gasteiger partial charge in [0.2, 0.25) is 5.91 Å². The van der Waals surface area contributed by atoms with Crippen molar-refractivity contribution < 1.29 is 9.59 Å². The van der Waals surface area contributed by atoms with Crippen molar-refractivity contribution in [2.45, 2.75) is 26.7 Å². The second kappa shape index (κ2) is 3.50. The van der Waals surface area contributed by atoms with Crippen LogP contribution >= 0.6 is 0 Å². The zero-order valence-electron chi connectivity index (χ0n) is 8.89. The number of benzene rings is 1. The van der Waals surface area contributed by atoms with E-state index >= 15 is 0 Å². The molecular weight excluding hydrogens is 190 g/mol. The summed E-state index contributed by atoms with van der Waals surface area (Å²) in [5, 5.41) is 2.37. The van der Waals surface area contributed by atoms with Gasteiger partial charge in [-0.1, -0.05) is 6.07 Å². The Morgan fingerprint density at radius 1 is 1.07 bits per heavy atom. The van der Waals surface area contributed by atoms with Gasteiger partial charge in [-0.15, -0.1) is 0 Å². The topological polar surface area (TPSA) is 46.2 Å². The quantitative estimate of drug-likeness (QED) is 0.649. The summed E-state index contributed by atoms with van der Waals surface area (Å²) in [6.07, 6.45) is 1.04. The molecule has 0 aromatic heterocycles. The van der Waals surface area contributed by atoms with Crippen LogP contribution in [0.1, 0.15) is 33.5 Å². The third kappa shape index (κ3) is 1.77. The number of nitrogens with one attached hydrogen (secondary N) is 1. The fourth-order valence-corrected chi connectivity index (χ4v) is 1.80. The molecular formula is C12H13NO2. The molecule has 1 aliphatic rings. The van der Waals surface area contributed by atoms with Crippen molar-refractivity contribution >= 4 is 11.8 Å². The van der Waals surface area contributed by atoms with Crippen LogP contribution in [0.25, 0.3) is 0 Å². The van der Waals surface area contributed by atoms with E-state index in [1.165, 1.54) is 0 Å². The molecule has 3 heteroatoms. The van der Waals surface area contributed by atoms with Crippen LogP contribution in [0.4, 0.5) is 0 Å². The molecule has 0 bridgehead atoms. The SMILES string of the molecule is Cc1cc2c(cc1C)C(=O)NC(=O)CC2. The highest BCUT2D eigenvalue weighted by molar-refractivity contribution is 6.06. The smallest absolute Gasteiger partial charge is 0.258 e. The normalized spacial score (nSPS) is 15.6. The number of rotatable bonds is 0. The molecule has 0 saturated carbocycles. The van der Waals surface area contributed by atoms with Crippen LogP contribution in [-0.4, -0.2) is 11.8 Å². The maximum atomic E-state index is 11.6. The van der Waals surface area contributed by atoms with E-state index in [1.54, 1.807) is 0 Å². The van der Waals surface area contributed by atoms with Gasteiger partial charge in [0, 0.05) is 12.0 Å². The Kier molecular flexibility index (Phi) is 2.31. The maximum Gasteiger partial charge on any atom is 0.258 e. The number of amides is 2. The van der Waals surface area contributed by atoms with Crippen molar-refractivity contribution in [2.75, 3.05) is 0 Å². The van der Waals surface area contributed by atoms with Crippen molar-refractivity contribution in [1.29, 1.82) is 0 Å². The van der Waals surface area contributed by atoms with Gasteiger partial charge in [-0.3, -0.25) is 14.9 Å². The maximum absolute atomic E-state index is 11.6. The van der Waals surface area contributed by atoms with Gasteiger partial charge in [0.1, 0.15) is 0 Å². The molecule has 15 heavy (non-hydrogen) atoms. The Labute approximate surface area is 88.5 Å². The molecule has 0 fully saturated rings. The average Bonchev–Trinajstić information content (AvgIpc) is 2.30. The lowest BCUT2D eigenvalue weighted by molar-refractivity contribution is -0.119. The third-order valence-corrected chi connectivity index (χ3v) is 2.84. The van der Waals surface area contributed by atoms with Crippen molar-refractivity contribution in [3.8, 4) is 0 Å². The molecule has 0 radical (unpaired) electrons. The minimum Gasteiger partial charge on any atom is -0.292 e. The first-order valence-electron chi connectivity index (χ1n) is 5.02. The lowest BCUT2D eigenvalue weighted by Crippen LogP contribution is -2.28. The minimum absolute atomic E-state index is 0.188. The van der Waals surface area contributed by atoms with Crippen LogP contribution in [0.3, 0.4) is 0 Å². The fraction of sp³-hybridized carbons (Fsp3) is 0.333. The first kappa shape index (κ1) is 9.90. The number of imide groups is 1. The van der Waals surface area contributed by atoms with Crippen LogP contribution < -0.4 is 5.32 Å². The molecule has 0 spiro atoms.